The minimum absolute atomic E-state index is 0.00576. The van der Waals surface area contributed by atoms with Crippen LogP contribution in [0.3, 0.4) is 0 Å². The van der Waals surface area contributed by atoms with Crippen LogP contribution in [-0.2, 0) is 4.79 Å². The lowest BCUT2D eigenvalue weighted by molar-refractivity contribution is -0.116. The molecule has 0 aliphatic carbocycles. The van der Waals surface area contributed by atoms with Gasteiger partial charge in [-0.1, -0.05) is 12.1 Å². The molecule has 0 heterocycles. The van der Waals surface area contributed by atoms with Crippen LogP contribution >= 0.6 is 0 Å². The van der Waals surface area contributed by atoms with Gasteiger partial charge in [0.1, 0.15) is 5.75 Å². The standard InChI is InChI=1S/C10H13NO3/c12-7-3-6-10(14)11-8-4-1-2-5-9(8)13/h1-2,4-5,12-13H,3,6-7H2,(H,11,14). The number of hydrogen-bond acceptors (Lipinski definition) is 3. The van der Waals surface area contributed by atoms with Crippen molar-refractivity contribution in [2.45, 2.75) is 12.8 Å². The summed E-state index contributed by atoms with van der Waals surface area (Å²) in [6.07, 6.45) is 0.685. The van der Waals surface area contributed by atoms with Crippen molar-refractivity contribution in [3.05, 3.63) is 24.3 Å². The summed E-state index contributed by atoms with van der Waals surface area (Å²) in [5, 5.41) is 20.4. The van der Waals surface area contributed by atoms with Crippen LogP contribution in [0.25, 0.3) is 0 Å². The monoisotopic (exact) mass is 195 g/mol. The fourth-order valence-corrected chi connectivity index (χ4v) is 1.03. The second-order valence-corrected chi connectivity index (χ2v) is 2.89. The molecule has 0 spiro atoms. The first-order valence-electron chi connectivity index (χ1n) is 4.42. The average Bonchev–Trinajstić information content (AvgIpc) is 2.18. The predicted molar refractivity (Wildman–Crippen MR) is 53.1 cm³/mol. The van der Waals surface area contributed by atoms with Gasteiger partial charge >= 0.3 is 0 Å². The van der Waals surface area contributed by atoms with Crippen LogP contribution in [0, 0.1) is 0 Å². The fraction of sp³-hybridized carbons (Fsp3) is 0.300. The summed E-state index contributed by atoms with van der Waals surface area (Å²) in [4.78, 5) is 11.2. The number of rotatable bonds is 4. The maximum Gasteiger partial charge on any atom is 0.224 e. The van der Waals surface area contributed by atoms with E-state index >= 15 is 0 Å². The lowest BCUT2D eigenvalue weighted by Gasteiger charge is -2.05. The molecule has 76 valence electrons. The molecule has 1 amide bonds. The second kappa shape index (κ2) is 5.24. The van der Waals surface area contributed by atoms with E-state index in [1.807, 2.05) is 0 Å². The number of carbonyl (C=O) groups excluding carboxylic acids is 1. The summed E-state index contributed by atoms with van der Waals surface area (Å²) in [6.45, 7) is -0.00576. The molecule has 0 saturated carbocycles. The van der Waals surface area contributed by atoms with Gasteiger partial charge in [-0.2, -0.15) is 0 Å². The zero-order valence-corrected chi connectivity index (χ0v) is 7.73. The van der Waals surface area contributed by atoms with Crippen molar-refractivity contribution >= 4 is 11.6 Å². The molecule has 0 unspecified atom stereocenters. The first-order valence-corrected chi connectivity index (χ1v) is 4.42. The quantitative estimate of drug-likeness (QED) is 0.630. The predicted octanol–water partition coefficient (Wildman–Crippen LogP) is 1.10. The first kappa shape index (κ1) is 10.5. The Bertz CT molecular complexity index is 312. The maximum absolute atomic E-state index is 11.2. The highest BCUT2D eigenvalue weighted by molar-refractivity contribution is 5.92. The van der Waals surface area contributed by atoms with Gasteiger partial charge in [0, 0.05) is 13.0 Å². The molecular formula is C10H13NO3. The van der Waals surface area contributed by atoms with Crippen LogP contribution in [0.15, 0.2) is 24.3 Å². The minimum Gasteiger partial charge on any atom is -0.506 e. The lowest BCUT2D eigenvalue weighted by Crippen LogP contribution is -2.11. The Labute approximate surface area is 82.2 Å². The number of hydrogen-bond donors (Lipinski definition) is 3. The van der Waals surface area contributed by atoms with Crippen LogP contribution in [-0.4, -0.2) is 22.7 Å². The fourth-order valence-electron chi connectivity index (χ4n) is 1.03. The summed E-state index contributed by atoms with van der Waals surface area (Å²) >= 11 is 0. The van der Waals surface area contributed by atoms with E-state index in [9.17, 15) is 9.90 Å². The number of benzene rings is 1. The number of aromatic hydroxyl groups is 1. The van der Waals surface area contributed by atoms with Crippen molar-refractivity contribution in [1.29, 1.82) is 0 Å². The molecular weight excluding hydrogens is 182 g/mol. The van der Waals surface area contributed by atoms with Gasteiger partial charge in [0.25, 0.3) is 0 Å². The van der Waals surface area contributed by atoms with Crippen LogP contribution < -0.4 is 5.32 Å². The average molecular weight is 195 g/mol. The zero-order valence-electron chi connectivity index (χ0n) is 7.73. The lowest BCUT2D eigenvalue weighted by atomic mass is 10.2. The second-order valence-electron chi connectivity index (χ2n) is 2.89. The minimum atomic E-state index is -0.208. The van der Waals surface area contributed by atoms with Gasteiger partial charge in [-0.15, -0.1) is 0 Å². The highest BCUT2D eigenvalue weighted by Gasteiger charge is 2.04. The number of carbonyl (C=O) groups is 1. The number of anilines is 1. The number of nitrogens with one attached hydrogen (secondary N) is 1. The molecule has 1 aromatic carbocycles. The Morgan fingerprint density at radius 1 is 1.36 bits per heavy atom. The molecule has 0 aliphatic heterocycles. The molecule has 0 atom stereocenters. The van der Waals surface area contributed by atoms with Crippen LogP contribution in [0.5, 0.6) is 5.75 Å². The van der Waals surface area contributed by atoms with Gasteiger partial charge in [-0.25, -0.2) is 0 Å². The molecule has 1 aromatic rings. The summed E-state index contributed by atoms with van der Waals surface area (Å²) in [7, 11) is 0. The number of para-hydroxylation sites is 2. The van der Waals surface area contributed by atoms with Crippen LogP contribution in [0.1, 0.15) is 12.8 Å². The highest BCUT2D eigenvalue weighted by atomic mass is 16.3. The third-order valence-electron chi connectivity index (χ3n) is 1.74. The van der Waals surface area contributed by atoms with E-state index in [1.165, 1.54) is 6.07 Å². The van der Waals surface area contributed by atoms with E-state index in [2.05, 4.69) is 5.32 Å². The number of aliphatic hydroxyl groups excluding tert-OH is 1. The van der Waals surface area contributed by atoms with Gasteiger partial charge < -0.3 is 15.5 Å². The number of amides is 1. The molecule has 1 rings (SSSR count). The smallest absolute Gasteiger partial charge is 0.224 e. The van der Waals surface area contributed by atoms with Crippen molar-refractivity contribution in [3.8, 4) is 5.75 Å². The Morgan fingerprint density at radius 2 is 2.07 bits per heavy atom. The van der Waals surface area contributed by atoms with Crippen LogP contribution in [0.4, 0.5) is 5.69 Å². The van der Waals surface area contributed by atoms with E-state index in [4.69, 9.17) is 5.11 Å². The zero-order chi connectivity index (χ0) is 10.4. The Morgan fingerprint density at radius 3 is 2.71 bits per heavy atom. The summed E-state index contributed by atoms with van der Waals surface area (Å²) in [5.41, 5.74) is 0.399. The number of phenolic OH excluding ortho intramolecular Hbond substituents is 1. The van der Waals surface area contributed by atoms with E-state index < -0.39 is 0 Å². The summed E-state index contributed by atoms with van der Waals surface area (Å²) in [5.74, 6) is -0.162. The third-order valence-corrected chi connectivity index (χ3v) is 1.74. The Balaban J connectivity index is 2.52. The Hall–Kier alpha value is -1.55. The van der Waals surface area contributed by atoms with Gasteiger partial charge in [-0.05, 0) is 18.6 Å². The highest BCUT2D eigenvalue weighted by Crippen LogP contribution is 2.21. The molecule has 4 nitrogen and oxygen atoms in total. The van der Waals surface area contributed by atoms with Crippen molar-refractivity contribution in [2.75, 3.05) is 11.9 Å². The van der Waals surface area contributed by atoms with Gasteiger partial charge in [0.15, 0.2) is 0 Å². The third kappa shape index (κ3) is 3.06. The SMILES string of the molecule is O=C(CCCO)Nc1ccccc1O. The van der Waals surface area contributed by atoms with Gasteiger partial charge in [0.2, 0.25) is 5.91 Å². The molecule has 0 saturated heterocycles. The van der Waals surface area contributed by atoms with E-state index in [1.54, 1.807) is 18.2 Å². The largest absolute Gasteiger partial charge is 0.506 e. The molecule has 0 aromatic heterocycles. The van der Waals surface area contributed by atoms with Crippen molar-refractivity contribution < 1.29 is 15.0 Å². The van der Waals surface area contributed by atoms with E-state index in [0.29, 0.717) is 12.1 Å². The molecule has 0 aliphatic rings. The van der Waals surface area contributed by atoms with Crippen LogP contribution in [0.2, 0.25) is 0 Å². The number of phenols is 1. The molecule has 0 fully saturated rings. The van der Waals surface area contributed by atoms with Gasteiger partial charge in [-0.3, -0.25) is 4.79 Å². The van der Waals surface area contributed by atoms with E-state index in [0.717, 1.165) is 0 Å². The maximum atomic E-state index is 11.2. The first-order chi connectivity index (χ1) is 6.74. The van der Waals surface area contributed by atoms with Crippen molar-refractivity contribution in [3.63, 3.8) is 0 Å². The summed E-state index contributed by atoms with van der Waals surface area (Å²) < 4.78 is 0. The molecule has 4 heteroatoms. The normalized spacial score (nSPS) is 9.79. The van der Waals surface area contributed by atoms with Gasteiger partial charge in [0.05, 0.1) is 5.69 Å². The van der Waals surface area contributed by atoms with E-state index in [-0.39, 0.29) is 24.7 Å². The Kier molecular flexibility index (Phi) is 3.94. The summed E-state index contributed by atoms with van der Waals surface area (Å²) in [6, 6.07) is 6.52. The van der Waals surface area contributed by atoms with Crippen molar-refractivity contribution in [2.24, 2.45) is 0 Å². The molecule has 0 bridgehead atoms. The van der Waals surface area contributed by atoms with Crippen molar-refractivity contribution in [1.82, 2.24) is 0 Å². The topological polar surface area (TPSA) is 69.6 Å². The molecule has 3 N–H and O–H groups in total. The molecule has 0 radical (unpaired) electrons. The molecule has 14 heavy (non-hydrogen) atoms. The number of aliphatic hydroxyl groups is 1.